The molecule has 21 heavy (non-hydrogen) atoms. The molecule has 3 aromatic rings. The van der Waals surface area contributed by atoms with Crippen molar-refractivity contribution in [3.8, 4) is 5.69 Å². The minimum atomic E-state index is 0.620. The van der Waals surface area contributed by atoms with E-state index < -0.39 is 0 Å². The topological polar surface area (TPSA) is 74.5 Å². The SMILES string of the molecule is NCCCc1cn(Cc2ccn(-c3ccccc3)n2)nn1. The second kappa shape index (κ2) is 6.32. The minimum Gasteiger partial charge on any atom is -0.330 e. The van der Waals surface area contributed by atoms with Crippen molar-refractivity contribution in [1.82, 2.24) is 24.8 Å². The Bertz CT molecular complexity index is 685. The van der Waals surface area contributed by atoms with Gasteiger partial charge in [0, 0.05) is 12.4 Å². The molecule has 0 saturated heterocycles. The average Bonchev–Trinajstić information content (AvgIpc) is 3.16. The van der Waals surface area contributed by atoms with Gasteiger partial charge in [0.05, 0.1) is 23.6 Å². The summed E-state index contributed by atoms with van der Waals surface area (Å²) in [5.74, 6) is 0. The molecule has 2 heterocycles. The fourth-order valence-corrected chi connectivity index (χ4v) is 2.15. The summed E-state index contributed by atoms with van der Waals surface area (Å²) >= 11 is 0. The van der Waals surface area contributed by atoms with Gasteiger partial charge in [-0.15, -0.1) is 5.10 Å². The van der Waals surface area contributed by atoms with E-state index in [4.69, 9.17) is 5.73 Å². The van der Waals surface area contributed by atoms with E-state index in [2.05, 4.69) is 15.4 Å². The molecule has 2 N–H and O–H groups in total. The van der Waals surface area contributed by atoms with Crippen molar-refractivity contribution in [2.45, 2.75) is 19.4 Å². The predicted molar refractivity (Wildman–Crippen MR) is 80.1 cm³/mol. The molecule has 0 atom stereocenters. The lowest BCUT2D eigenvalue weighted by atomic mass is 10.2. The first-order valence-corrected chi connectivity index (χ1v) is 7.04. The van der Waals surface area contributed by atoms with Crippen LogP contribution in [0.4, 0.5) is 0 Å². The predicted octanol–water partition coefficient (Wildman–Crippen LogP) is 1.40. The van der Waals surface area contributed by atoms with Crippen molar-refractivity contribution in [2.24, 2.45) is 5.73 Å². The number of aryl methyl sites for hydroxylation is 1. The highest BCUT2D eigenvalue weighted by Gasteiger charge is 2.04. The number of hydrogen-bond donors (Lipinski definition) is 1. The second-order valence-electron chi connectivity index (χ2n) is 4.89. The number of benzene rings is 1. The highest BCUT2D eigenvalue weighted by Crippen LogP contribution is 2.08. The number of para-hydroxylation sites is 1. The van der Waals surface area contributed by atoms with Crippen LogP contribution < -0.4 is 5.73 Å². The Balaban J connectivity index is 1.68. The van der Waals surface area contributed by atoms with Crippen LogP contribution in [0.3, 0.4) is 0 Å². The molecule has 3 rings (SSSR count). The molecule has 108 valence electrons. The zero-order valence-electron chi connectivity index (χ0n) is 11.8. The molecule has 0 aliphatic carbocycles. The maximum atomic E-state index is 5.50. The summed E-state index contributed by atoms with van der Waals surface area (Å²) in [5.41, 5.74) is 8.47. The first-order chi connectivity index (χ1) is 10.3. The molecular formula is C15H18N6. The van der Waals surface area contributed by atoms with Crippen molar-refractivity contribution >= 4 is 0 Å². The van der Waals surface area contributed by atoms with E-state index in [1.807, 2.05) is 58.2 Å². The highest BCUT2D eigenvalue weighted by atomic mass is 15.4. The van der Waals surface area contributed by atoms with E-state index >= 15 is 0 Å². The van der Waals surface area contributed by atoms with Crippen LogP contribution in [0.25, 0.3) is 5.69 Å². The third-order valence-electron chi connectivity index (χ3n) is 3.21. The number of hydrogen-bond acceptors (Lipinski definition) is 4. The van der Waals surface area contributed by atoms with Crippen LogP contribution in [0.2, 0.25) is 0 Å². The van der Waals surface area contributed by atoms with Crippen LogP contribution in [0, 0.1) is 0 Å². The lowest BCUT2D eigenvalue weighted by molar-refractivity contribution is 0.631. The van der Waals surface area contributed by atoms with Crippen molar-refractivity contribution in [3.05, 3.63) is 60.2 Å². The van der Waals surface area contributed by atoms with E-state index in [0.717, 1.165) is 29.9 Å². The van der Waals surface area contributed by atoms with Crippen LogP contribution in [0.5, 0.6) is 0 Å². The van der Waals surface area contributed by atoms with Crippen molar-refractivity contribution < 1.29 is 0 Å². The molecule has 0 fully saturated rings. The monoisotopic (exact) mass is 282 g/mol. The summed E-state index contributed by atoms with van der Waals surface area (Å²) in [6.07, 6.45) is 5.71. The molecule has 2 aromatic heterocycles. The number of nitrogens with zero attached hydrogens (tertiary/aromatic N) is 5. The third kappa shape index (κ3) is 3.35. The molecule has 0 unspecified atom stereocenters. The summed E-state index contributed by atoms with van der Waals surface area (Å²) < 4.78 is 3.67. The van der Waals surface area contributed by atoms with E-state index in [0.29, 0.717) is 13.1 Å². The smallest absolute Gasteiger partial charge is 0.0867 e. The van der Waals surface area contributed by atoms with Gasteiger partial charge in [-0.1, -0.05) is 23.4 Å². The summed E-state index contributed by atoms with van der Waals surface area (Å²) in [5, 5.41) is 12.8. The fraction of sp³-hybridized carbons (Fsp3) is 0.267. The molecule has 0 saturated carbocycles. The maximum absolute atomic E-state index is 5.50. The van der Waals surface area contributed by atoms with Crippen LogP contribution in [0.15, 0.2) is 48.8 Å². The molecule has 0 aliphatic rings. The standard InChI is InChI=1S/C15H18N6/c16-9-4-5-13-11-20(19-17-13)12-14-8-10-21(18-14)15-6-2-1-3-7-15/h1-3,6-8,10-11H,4-5,9,12,16H2. The number of rotatable bonds is 6. The molecule has 1 aromatic carbocycles. The maximum Gasteiger partial charge on any atom is 0.0867 e. The van der Waals surface area contributed by atoms with Crippen LogP contribution >= 0.6 is 0 Å². The highest BCUT2D eigenvalue weighted by molar-refractivity contribution is 5.30. The zero-order valence-corrected chi connectivity index (χ0v) is 11.8. The third-order valence-corrected chi connectivity index (χ3v) is 3.21. The van der Waals surface area contributed by atoms with Crippen LogP contribution in [-0.2, 0) is 13.0 Å². The Labute approximate surface area is 123 Å². The largest absolute Gasteiger partial charge is 0.330 e. The summed E-state index contributed by atoms with van der Waals surface area (Å²) in [6, 6.07) is 12.0. The Morgan fingerprint density at radius 2 is 1.90 bits per heavy atom. The van der Waals surface area contributed by atoms with E-state index in [1.165, 1.54) is 0 Å². The van der Waals surface area contributed by atoms with Gasteiger partial charge in [0.1, 0.15) is 0 Å². The Morgan fingerprint density at radius 3 is 2.71 bits per heavy atom. The summed E-state index contributed by atoms with van der Waals surface area (Å²) in [6.45, 7) is 1.30. The first-order valence-electron chi connectivity index (χ1n) is 7.04. The minimum absolute atomic E-state index is 0.620. The number of aromatic nitrogens is 5. The second-order valence-corrected chi connectivity index (χ2v) is 4.89. The van der Waals surface area contributed by atoms with Crippen LogP contribution in [0.1, 0.15) is 17.8 Å². The van der Waals surface area contributed by atoms with Crippen molar-refractivity contribution in [1.29, 1.82) is 0 Å². The first kappa shape index (κ1) is 13.5. The van der Waals surface area contributed by atoms with E-state index in [1.54, 1.807) is 0 Å². The van der Waals surface area contributed by atoms with E-state index in [-0.39, 0.29) is 0 Å². The lowest BCUT2D eigenvalue weighted by Crippen LogP contribution is -2.03. The summed E-state index contributed by atoms with van der Waals surface area (Å²) in [4.78, 5) is 0. The number of nitrogens with two attached hydrogens (primary N) is 1. The Hall–Kier alpha value is -2.47. The van der Waals surface area contributed by atoms with Gasteiger partial charge in [-0.2, -0.15) is 5.10 Å². The zero-order chi connectivity index (χ0) is 14.5. The molecule has 6 heteroatoms. The van der Waals surface area contributed by atoms with Gasteiger partial charge >= 0.3 is 0 Å². The van der Waals surface area contributed by atoms with Gasteiger partial charge in [0.25, 0.3) is 0 Å². The van der Waals surface area contributed by atoms with Gasteiger partial charge in [-0.05, 0) is 37.6 Å². The molecule has 0 amide bonds. The Morgan fingerprint density at radius 1 is 1.05 bits per heavy atom. The molecule has 0 spiro atoms. The summed E-state index contributed by atoms with van der Waals surface area (Å²) in [7, 11) is 0. The van der Waals surface area contributed by atoms with Gasteiger partial charge < -0.3 is 5.73 Å². The fourth-order valence-electron chi connectivity index (χ4n) is 2.15. The van der Waals surface area contributed by atoms with Crippen molar-refractivity contribution in [2.75, 3.05) is 6.54 Å². The van der Waals surface area contributed by atoms with Crippen molar-refractivity contribution in [3.63, 3.8) is 0 Å². The van der Waals surface area contributed by atoms with Gasteiger partial charge in [-0.25, -0.2) is 9.36 Å². The van der Waals surface area contributed by atoms with Gasteiger partial charge in [0.2, 0.25) is 0 Å². The Kier molecular flexibility index (Phi) is 4.07. The molecule has 0 aliphatic heterocycles. The lowest BCUT2D eigenvalue weighted by Gasteiger charge is -2.00. The van der Waals surface area contributed by atoms with Gasteiger partial charge in [-0.3, -0.25) is 0 Å². The average molecular weight is 282 g/mol. The van der Waals surface area contributed by atoms with Crippen LogP contribution in [-0.4, -0.2) is 31.3 Å². The normalized spacial score (nSPS) is 10.9. The molecule has 0 radical (unpaired) electrons. The van der Waals surface area contributed by atoms with E-state index in [9.17, 15) is 0 Å². The quantitative estimate of drug-likeness (QED) is 0.741. The molecule has 6 nitrogen and oxygen atoms in total. The molecular weight excluding hydrogens is 264 g/mol. The molecule has 0 bridgehead atoms. The van der Waals surface area contributed by atoms with Gasteiger partial charge in [0.15, 0.2) is 0 Å².